The molecule has 1 heterocycles. The Labute approximate surface area is 120 Å². The van der Waals surface area contributed by atoms with Crippen molar-refractivity contribution in [1.82, 2.24) is 9.55 Å². The number of anilines is 1. The van der Waals surface area contributed by atoms with E-state index >= 15 is 0 Å². The number of hydrogen-bond donors (Lipinski definition) is 1. The third-order valence-corrected chi connectivity index (χ3v) is 4.29. The third-order valence-electron chi connectivity index (χ3n) is 3.26. The van der Waals surface area contributed by atoms with Crippen LogP contribution in [0.5, 0.6) is 0 Å². The van der Waals surface area contributed by atoms with Crippen LogP contribution in [0.4, 0.5) is 5.69 Å². The molecule has 0 spiro atoms. The lowest BCUT2D eigenvalue weighted by Gasteiger charge is -2.11. The molecule has 0 aliphatic heterocycles. The average Bonchev–Trinajstić information content (AvgIpc) is 2.68. The molecule has 3 rings (SSSR count). The minimum Gasteiger partial charge on any atom is -0.399 e. The Bertz CT molecular complexity index is 774. The Morgan fingerprint density at radius 3 is 2.74 bits per heavy atom. The van der Waals surface area contributed by atoms with Gasteiger partial charge in [-0.3, -0.25) is 4.57 Å². The van der Waals surface area contributed by atoms with Gasteiger partial charge in [-0.15, -0.1) is 0 Å². The lowest BCUT2D eigenvalue weighted by atomic mass is 10.2. The summed E-state index contributed by atoms with van der Waals surface area (Å²) in [5.74, 6) is 0.951. The van der Waals surface area contributed by atoms with Crippen molar-refractivity contribution in [2.45, 2.75) is 13.8 Å². The summed E-state index contributed by atoms with van der Waals surface area (Å²) in [5, 5.41) is 0. The summed E-state index contributed by atoms with van der Waals surface area (Å²) in [6.45, 7) is 4.09. The minimum absolute atomic E-state index is 0.737. The predicted octanol–water partition coefficient (Wildman–Crippen LogP) is 3.99. The van der Waals surface area contributed by atoms with Crippen molar-refractivity contribution < 1.29 is 0 Å². The molecule has 4 heteroatoms. The van der Waals surface area contributed by atoms with E-state index in [-0.39, 0.29) is 0 Å². The highest BCUT2D eigenvalue weighted by Gasteiger charge is 2.12. The first-order chi connectivity index (χ1) is 9.08. The first kappa shape index (κ1) is 12.2. The van der Waals surface area contributed by atoms with Crippen LogP contribution >= 0.6 is 15.9 Å². The number of aromatic nitrogens is 2. The molecule has 2 N–H and O–H groups in total. The standard InChI is InChI=1S/C15H14BrN3/c1-9-4-3-5-14(15(9)16)19-10(2)18-12-8-11(17)6-7-13(12)19/h3-8H,17H2,1-2H3. The Hall–Kier alpha value is -1.81. The predicted molar refractivity (Wildman–Crippen MR) is 82.7 cm³/mol. The maximum atomic E-state index is 5.82. The zero-order chi connectivity index (χ0) is 13.6. The van der Waals surface area contributed by atoms with E-state index in [1.807, 2.05) is 25.1 Å². The number of rotatable bonds is 1. The van der Waals surface area contributed by atoms with Crippen LogP contribution in [0, 0.1) is 13.8 Å². The zero-order valence-corrected chi connectivity index (χ0v) is 12.4. The molecule has 19 heavy (non-hydrogen) atoms. The summed E-state index contributed by atoms with van der Waals surface area (Å²) in [7, 11) is 0. The quantitative estimate of drug-likeness (QED) is 0.690. The van der Waals surface area contributed by atoms with Crippen molar-refractivity contribution in [3.05, 3.63) is 52.3 Å². The lowest BCUT2D eigenvalue weighted by molar-refractivity contribution is 0.993. The number of benzene rings is 2. The first-order valence-corrected chi connectivity index (χ1v) is 6.87. The molecule has 0 radical (unpaired) electrons. The van der Waals surface area contributed by atoms with Crippen molar-refractivity contribution >= 4 is 32.7 Å². The molecule has 0 saturated carbocycles. The second kappa shape index (κ2) is 4.38. The zero-order valence-electron chi connectivity index (χ0n) is 10.8. The third kappa shape index (κ3) is 1.92. The Balaban J connectivity index is 2.36. The molecule has 1 aromatic heterocycles. The summed E-state index contributed by atoms with van der Waals surface area (Å²) in [6, 6.07) is 12.0. The van der Waals surface area contributed by atoms with E-state index < -0.39 is 0 Å². The van der Waals surface area contributed by atoms with Crippen molar-refractivity contribution in [3.8, 4) is 5.69 Å². The number of fused-ring (bicyclic) bond motifs is 1. The molecule has 0 amide bonds. The van der Waals surface area contributed by atoms with E-state index in [1.165, 1.54) is 5.56 Å². The molecular formula is C15H14BrN3. The van der Waals surface area contributed by atoms with E-state index in [1.54, 1.807) is 0 Å². The van der Waals surface area contributed by atoms with Gasteiger partial charge < -0.3 is 5.73 Å². The summed E-state index contributed by atoms with van der Waals surface area (Å²) < 4.78 is 3.24. The molecule has 3 aromatic rings. The van der Waals surface area contributed by atoms with E-state index in [0.29, 0.717) is 0 Å². The fraction of sp³-hybridized carbons (Fsp3) is 0.133. The molecule has 0 bridgehead atoms. The van der Waals surface area contributed by atoms with E-state index in [2.05, 4.69) is 50.6 Å². The molecule has 0 unspecified atom stereocenters. The van der Waals surface area contributed by atoms with E-state index in [0.717, 1.165) is 32.7 Å². The number of nitrogens with zero attached hydrogens (tertiary/aromatic N) is 2. The largest absolute Gasteiger partial charge is 0.399 e. The minimum atomic E-state index is 0.737. The molecule has 3 nitrogen and oxygen atoms in total. The topological polar surface area (TPSA) is 43.8 Å². The summed E-state index contributed by atoms with van der Waals surface area (Å²) in [5.41, 5.74) is 10.8. The van der Waals surface area contributed by atoms with Gasteiger partial charge in [0.05, 0.1) is 16.7 Å². The molecule has 0 saturated heterocycles. The fourth-order valence-electron chi connectivity index (χ4n) is 2.33. The van der Waals surface area contributed by atoms with Crippen LogP contribution in [0.25, 0.3) is 16.7 Å². The van der Waals surface area contributed by atoms with Gasteiger partial charge in [0.2, 0.25) is 0 Å². The van der Waals surface area contributed by atoms with Gasteiger partial charge in [0.1, 0.15) is 5.82 Å². The highest BCUT2D eigenvalue weighted by molar-refractivity contribution is 9.10. The molecule has 0 aliphatic carbocycles. The molecule has 0 aliphatic rings. The highest BCUT2D eigenvalue weighted by Crippen LogP contribution is 2.29. The molecule has 0 fully saturated rings. The molecule has 96 valence electrons. The van der Waals surface area contributed by atoms with E-state index in [4.69, 9.17) is 5.73 Å². The van der Waals surface area contributed by atoms with Gasteiger partial charge in [-0.1, -0.05) is 12.1 Å². The number of nitrogen functional groups attached to an aromatic ring is 1. The maximum absolute atomic E-state index is 5.82. The first-order valence-electron chi connectivity index (χ1n) is 6.08. The number of imidazole rings is 1. The summed E-state index contributed by atoms with van der Waals surface area (Å²) in [4.78, 5) is 4.58. The average molecular weight is 316 g/mol. The monoisotopic (exact) mass is 315 g/mol. The second-order valence-corrected chi connectivity index (χ2v) is 5.44. The van der Waals surface area contributed by atoms with Crippen LogP contribution in [0.3, 0.4) is 0 Å². The van der Waals surface area contributed by atoms with Crippen molar-refractivity contribution in [2.24, 2.45) is 0 Å². The second-order valence-electron chi connectivity index (χ2n) is 4.65. The summed E-state index contributed by atoms with van der Waals surface area (Å²) >= 11 is 3.66. The number of nitrogens with two attached hydrogens (primary N) is 1. The lowest BCUT2D eigenvalue weighted by Crippen LogP contribution is -1.99. The maximum Gasteiger partial charge on any atom is 0.111 e. The van der Waals surface area contributed by atoms with Crippen LogP contribution in [-0.4, -0.2) is 9.55 Å². The van der Waals surface area contributed by atoms with Gasteiger partial charge in [0.15, 0.2) is 0 Å². The van der Waals surface area contributed by atoms with Crippen LogP contribution in [0.15, 0.2) is 40.9 Å². The Morgan fingerprint density at radius 1 is 1.16 bits per heavy atom. The normalized spacial score (nSPS) is 11.1. The Kier molecular flexibility index (Phi) is 2.82. The van der Waals surface area contributed by atoms with Crippen LogP contribution in [0.1, 0.15) is 11.4 Å². The SMILES string of the molecule is Cc1cccc(-n2c(C)nc3cc(N)ccc32)c1Br. The smallest absolute Gasteiger partial charge is 0.111 e. The van der Waals surface area contributed by atoms with Gasteiger partial charge in [-0.25, -0.2) is 4.98 Å². The molecule has 2 aromatic carbocycles. The van der Waals surface area contributed by atoms with Crippen molar-refractivity contribution in [1.29, 1.82) is 0 Å². The number of halogens is 1. The van der Waals surface area contributed by atoms with Gasteiger partial charge in [-0.2, -0.15) is 0 Å². The van der Waals surface area contributed by atoms with Crippen LogP contribution in [-0.2, 0) is 0 Å². The summed E-state index contributed by atoms with van der Waals surface area (Å²) in [6.07, 6.45) is 0. The van der Waals surface area contributed by atoms with Gasteiger partial charge in [-0.05, 0) is 59.6 Å². The van der Waals surface area contributed by atoms with Crippen molar-refractivity contribution in [2.75, 3.05) is 5.73 Å². The van der Waals surface area contributed by atoms with Crippen LogP contribution < -0.4 is 5.73 Å². The van der Waals surface area contributed by atoms with Gasteiger partial charge in [0, 0.05) is 10.2 Å². The number of hydrogen-bond acceptors (Lipinski definition) is 2. The number of aryl methyl sites for hydroxylation is 2. The Morgan fingerprint density at radius 2 is 1.95 bits per heavy atom. The molecular weight excluding hydrogens is 302 g/mol. The fourth-order valence-corrected chi connectivity index (χ4v) is 2.77. The van der Waals surface area contributed by atoms with Gasteiger partial charge in [0.25, 0.3) is 0 Å². The van der Waals surface area contributed by atoms with Gasteiger partial charge >= 0.3 is 0 Å². The van der Waals surface area contributed by atoms with E-state index in [9.17, 15) is 0 Å². The molecule has 0 atom stereocenters. The highest BCUT2D eigenvalue weighted by atomic mass is 79.9. The van der Waals surface area contributed by atoms with Crippen LogP contribution in [0.2, 0.25) is 0 Å². The van der Waals surface area contributed by atoms with Crippen molar-refractivity contribution in [3.63, 3.8) is 0 Å².